The molecular formula is C18H28N2O3. The van der Waals surface area contributed by atoms with Crippen molar-refractivity contribution in [3.63, 3.8) is 0 Å². The first-order valence-corrected chi connectivity index (χ1v) is 8.26. The zero-order chi connectivity index (χ0) is 16.8. The van der Waals surface area contributed by atoms with Crippen LogP contribution in [0.15, 0.2) is 18.2 Å². The number of para-hydroxylation sites is 1. The fraction of sp³-hybridized carbons (Fsp3) is 0.611. The topological polar surface area (TPSA) is 50.8 Å². The summed E-state index contributed by atoms with van der Waals surface area (Å²) < 4.78 is 10.6. The number of hydrogen-bond acceptors (Lipinski definition) is 4. The third kappa shape index (κ3) is 4.61. The van der Waals surface area contributed by atoms with Crippen molar-refractivity contribution in [2.45, 2.75) is 20.3 Å². The molecule has 128 valence electrons. The number of benzene rings is 1. The summed E-state index contributed by atoms with van der Waals surface area (Å²) >= 11 is 0. The molecule has 1 aromatic carbocycles. The first-order chi connectivity index (χ1) is 11.0. The summed E-state index contributed by atoms with van der Waals surface area (Å²) in [5, 5.41) is 2.99. The van der Waals surface area contributed by atoms with E-state index in [9.17, 15) is 4.79 Å². The van der Waals surface area contributed by atoms with E-state index in [2.05, 4.69) is 24.1 Å². The zero-order valence-corrected chi connectivity index (χ0v) is 14.6. The Morgan fingerprint density at radius 2 is 1.91 bits per heavy atom. The number of amides is 1. The predicted octanol–water partition coefficient (Wildman–Crippen LogP) is 2.41. The third-order valence-corrected chi connectivity index (χ3v) is 4.31. The average molecular weight is 320 g/mol. The van der Waals surface area contributed by atoms with Crippen molar-refractivity contribution in [1.29, 1.82) is 0 Å². The van der Waals surface area contributed by atoms with Crippen LogP contribution in [0.2, 0.25) is 0 Å². The van der Waals surface area contributed by atoms with E-state index in [1.165, 1.54) is 6.42 Å². The maximum absolute atomic E-state index is 12.4. The Morgan fingerprint density at radius 3 is 2.52 bits per heavy atom. The normalized spacial score (nSPS) is 21.7. The molecule has 1 aliphatic heterocycles. The van der Waals surface area contributed by atoms with E-state index in [0.29, 0.717) is 23.6 Å². The molecule has 0 radical (unpaired) electrons. The summed E-state index contributed by atoms with van der Waals surface area (Å²) in [7, 11) is 3.11. The van der Waals surface area contributed by atoms with Crippen LogP contribution >= 0.6 is 0 Å². The highest BCUT2D eigenvalue weighted by Crippen LogP contribution is 2.30. The minimum absolute atomic E-state index is 0.126. The number of hydrogen-bond donors (Lipinski definition) is 1. The van der Waals surface area contributed by atoms with Crippen molar-refractivity contribution in [3.05, 3.63) is 23.8 Å². The lowest BCUT2D eigenvalue weighted by Crippen LogP contribution is -2.42. The minimum Gasteiger partial charge on any atom is -0.493 e. The van der Waals surface area contributed by atoms with Crippen molar-refractivity contribution in [3.8, 4) is 11.5 Å². The Kier molecular flexibility index (Phi) is 6.28. The lowest BCUT2D eigenvalue weighted by Gasteiger charge is -2.34. The molecule has 1 amide bonds. The summed E-state index contributed by atoms with van der Waals surface area (Å²) in [5.41, 5.74) is 0.507. The van der Waals surface area contributed by atoms with Crippen molar-refractivity contribution in [1.82, 2.24) is 10.2 Å². The van der Waals surface area contributed by atoms with E-state index in [1.54, 1.807) is 32.4 Å². The second kappa shape index (κ2) is 8.20. The van der Waals surface area contributed by atoms with E-state index in [-0.39, 0.29) is 5.91 Å². The summed E-state index contributed by atoms with van der Waals surface area (Å²) in [6, 6.07) is 5.33. The van der Waals surface area contributed by atoms with Crippen molar-refractivity contribution in [2.75, 3.05) is 40.4 Å². The van der Waals surface area contributed by atoms with Gasteiger partial charge in [0, 0.05) is 26.2 Å². The van der Waals surface area contributed by atoms with Crippen molar-refractivity contribution < 1.29 is 14.3 Å². The molecule has 0 spiro atoms. The van der Waals surface area contributed by atoms with Gasteiger partial charge < -0.3 is 19.7 Å². The van der Waals surface area contributed by atoms with Gasteiger partial charge in [-0.25, -0.2) is 0 Å². The van der Waals surface area contributed by atoms with Crippen LogP contribution in [0, 0.1) is 11.8 Å². The summed E-state index contributed by atoms with van der Waals surface area (Å²) in [4.78, 5) is 14.8. The van der Waals surface area contributed by atoms with Crippen molar-refractivity contribution in [2.24, 2.45) is 11.8 Å². The highest BCUT2D eigenvalue weighted by Gasteiger charge is 2.22. The van der Waals surface area contributed by atoms with Gasteiger partial charge in [0.2, 0.25) is 0 Å². The van der Waals surface area contributed by atoms with Crippen LogP contribution < -0.4 is 14.8 Å². The molecule has 1 N–H and O–H groups in total. The number of nitrogens with one attached hydrogen (secondary N) is 1. The van der Waals surface area contributed by atoms with Gasteiger partial charge in [-0.3, -0.25) is 4.79 Å². The number of rotatable bonds is 6. The maximum atomic E-state index is 12.4. The summed E-state index contributed by atoms with van der Waals surface area (Å²) in [6.45, 7) is 8.33. The molecule has 5 nitrogen and oxygen atoms in total. The van der Waals surface area contributed by atoms with Gasteiger partial charge >= 0.3 is 0 Å². The molecule has 0 unspecified atom stereocenters. The molecule has 1 fully saturated rings. The highest BCUT2D eigenvalue weighted by atomic mass is 16.5. The molecule has 1 heterocycles. The SMILES string of the molecule is COc1cccc(C(=O)NCCN2C[C@H](C)C[C@H](C)C2)c1OC. The molecule has 23 heavy (non-hydrogen) atoms. The molecule has 0 aliphatic carbocycles. The number of nitrogens with zero attached hydrogens (tertiary/aromatic N) is 1. The van der Waals surface area contributed by atoms with E-state index < -0.39 is 0 Å². The van der Waals surface area contributed by atoms with Gasteiger partial charge in [0.15, 0.2) is 11.5 Å². The zero-order valence-electron chi connectivity index (χ0n) is 14.6. The highest BCUT2D eigenvalue weighted by molar-refractivity contribution is 5.97. The first kappa shape index (κ1) is 17.6. The smallest absolute Gasteiger partial charge is 0.255 e. The molecule has 2 atom stereocenters. The molecule has 2 rings (SSSR count). The molecular weight excluding hydrogens is 292 g/mol. The maximum Gasteiger partial charge on any atom is 0.255 e. The number of carbonyl (C=O) groups is 1. The van der Waals surface area contributed by atoms with Gasteiger partial charge in [-0.15, -0.1) is 0 Å². The first-order valence-electron chi connectivity index (χ1n) is 8.26. The number of piperidine rings is 1. The number of likely N-dealkylation sites (tertiary alicyclic amines) is 1. The molecule has 5 heteroatoms. The molecule has 0 saturated carbocycles. The van der Waals surface area contributed by atoms with Gasteiger partial charge in [0.1, 0.15) is 0 Å². The molecule has 1 aliphatic rings. The third-order valence-electron chi connectivity index (χ3n) is 4.31. The predicted molar refractivity (Wildman–Crippen MR) is 91.3 cm³/mol. The van der Waals surface area contributed by atoms with E-state index >= 15 is 0 Å². The van der Waals surface area contributed by atoms with Crippen LogP contribution in [0.1, 0.15) is 30.6 Å². The van der Waals surface area contributed by atoms with Crippen LogP contribution in [-0.4, -0.2) is 51.2 Å². The van der Waals surface area contributed by atoms with Gasteiger partial charge in [0.25, 0.3) is 5.91 Å². The second-order valence-electron chi connectivity index (χ2n) is 6.50. The molecule has 0 bridgehead atoms. The fourth-order valence-corrected chi connectivity index (χ4v) is 3.46. The van der Waals surface area contributed by atoms with Crippen LogP contribution in [0.4, 0.5) is 0 Å². The lowest BCUT2D eigenvalue weighted by molar-refractivity contribution is 0.0933. The van der Waals surface area contributed by atoms with Gasteiger partial charge in [-0.2, -0.15) is 0 Å². The Balaban J connectivity index is 1.90. The van der Waals surface area contributed by atoms with Gasteiger partial charge in [-0.05, 0) is 30.4 Å². The largest absolute Gasteiger partial charge is 0.493 e. The van der Waals surface area contributed by atoms with Crippen molar-refractivity contribution >= 4 is 5.91 Å². The molecule has 0 aromatic heterocycles. The van der Waals surface area contributed by atoms with Crippen LogP contribution in [0.3, 0.4) is 0 Å². The Hall–Kier alpha value is -1.75. The quantitative estimate of drug-likeness (QED) is 0.874. The van der Waals surface area contributed by atoms with E-state index in [1.807, 2.05) is 0 Å². The van der Waals surface area contributed by atoms with E-state index in [4.69, 9.17) is 9.47 Å². The Bertz CT molecular complexity index is 523. The van der Waals surface area contributed by atoms with Gasteiger partial charge in [0.05, 0.1) is 19.8 Å². The van der Waals surface area contributed by atoms with Gasteiger partial charge in [-0.1, -0.05) is 19.9 Å². The number of carbonyl (C=O) groups excluding carboxylic acids is 1. The average Bonchev–Trinajstić information content (AvgIpc) is 2.52. The number of ether oxygens (including phenoxy) is 2. The minimum atomic E-state index is -0.126. The summed E-state index contributed by atoms with van der Waals surface area (Å²) in [6.07, 6.45) is 1.30. The fourth-order valence-electron chi connectivity index (χ4n) is 3.46. The Labute approximate surface area is 139 Å². The summed E-state index contributed by atoms with van der Waals surface area (Å²) in [5.74, 6) is 2.38. The molecule has 1 saturated heterocycles. The van der Waals surface area contributed by atoms with Crippen LogP contribution in [-0.2, 0) is 0 Å². The second-order valence-corrected chi connectivity index (χ2v) is 6.50. The van der Waals surface area contributed by atoms with Crippen LogP contribution in [0.25, 0.3) is 0 Å². The number of methoxy groups -OCH3 is 2. The van der Waals surface area contributed by atoms with Crippen LogP contribution in [0.5, 0.6) is 11.5 Å². The molecule has 1 aromatic rings. The Morgan fingerprint density at radius 1 is 1.22 bits per heavy atom. The van der Waals surface area contributed by atoms with E-state index in [0.717, 1.165) is 31.5 Å². The lowest BCUT2D eigenvalue weighted by atomic mass is 9.92. The standard InChI is InChI=1S/C18H28N2O3/c1-13-10-14(2)12-20(11-13)9-8-19-18(21)15-6-5-7-16(22-3)17(15)23-4/h5-7,13-14H,8-12H2,1-4H3,(H,19,21)/t13-,14+. The monoisotopic (exact) mass is 320 g/mol.